The topological polar surface area (TPSA) is 17.1 Å². The highest BCUT2D eigenvalue weighted by molar-refractivity contribution is 5.53. The van der Waals surface area contributed by atoms with Gasteiger partial charge >= 0.3 is 0 Å². The van der Waals surface area contributed by atoms with Crippen LogP contribution in [-0.4, -0.2) is 6.29 Å². The third-order valence-electron chi connectivity index (χ3n) is 7.74. The molecule has 0 aliphatic rings. The smallest absolute Gasteiger partial charge is 0.123 e. The summed E-state index contributed by atoms with van der Waals surface area (Å²) in [5, 5.41) is 0. The van der Waals surface area contributed by atoms with E-state index < -0.39 is 0 Å². The molecule has 0 N–H and O–H groups in total. The van der Waals surface area contributed by atoms with Crippen molar-refractivity contribution in [2.45, 2.75) is 181 Å². The lowest BCUT2D eigenvalue weighted by molar-refractivity contribution is -0.111. The molecule has 0 atom stereocenters. The third kappa shape index (κ3) is 32.7. The molecular weight excluding hydrogens is 472 g/mol. The Balaban J connectivity index is 3.41. The molecule has 0 radical (unpaired) electrons. The normalized spacial score (nSPS) is 12.4. The van der Waals surface area contributed by atoms with Crippen molar-refractivity contribution in [3.63, 3.8) is 0 Å². The molecule has 0 aromatic rings. The van der Waals surface area contributed by atoms with Crippen LogP contribution in [0.4, 0.5) is 0 Å². The Morgan fingerprint density at radius 1 is 0.385 bits per heavy atom. The van der Waals surface area contributed by atoms with Crippen LogP contribution in [0.25, 0.3) is 0 Å². The van der Waals surface area contributed by atoms with Gasteiger partial charge in [0.25, 0.3) is 0 Å². The summed E-state index contributed by atoms with van der Waals surface area (Å²) in [6, 6.07) is 0. The molecule has 0 heterocycles. The Morgan fingerprint density at radius 2 is 0.692 bits per heavy atom. The van der Waals surface area contributed by atoms with E-state index in [0.29, 0.717) is 5.92 Å². The number of hydrogen-bond acceptors (Lipinski definition) is 1. The summed E-state index contributed by atoms with van der Waals surface area (Å²) in [6.07, 6.45) is 53.0. The van der Waals surface area contributed by atoms with Crippen LogP contribution in [0, 0.1) is 5.92 Å². The van der Waals surface area contributed by atoms with E-state index in [9.17, 15) is 4.79 Å². The molecule has 0 saturated carbocycles. The molecule has 0 aromatic heterocycles. The molecule has 0 aromatic carbocycles. The van der Waals surface area contributed by atoms with Crippen molar-refractivity contribution in [1.82, 2.24) is 0 Å². The first kappa shape index (κ1) is 37.6. The third-order valence-corrected chi connectivity index (χ3v) is 7.74. The minimum Gasteiger partial charge on any atom is -0.303 e. The van der Waals surface area contributed by atoms with E-state index in [1.807, 2.05) is 0 Å². The largest absolute Gasteiger partial charge is 0.303 e. The molecule has 39 heavy (non-hydrogen) atoms. The maximum atomic E-state index is 11.5. The lowest BCUT2D eigenvalue weighted by atomic mass is 9.95. The molecule has 226 valence electrons. The molecule has 0 fully saturated rings. The van der Waals surface area contributed by atoms with Crippen molar-refractivity contribution < 1.29 is 4.79 Å². The summed E-state index contributed by atoms with van der Waals surface area (Å²) in [7, 11) is 0. The van der Waals surface area contributed by atoms with E-state index >= 15 is 0 Å². The minimum absolute atomic E-state index is 0.307. The Labute approximate surface area is 246 Å². The summed E-state index contributed by atoms with van der Waals surface area (Å²) in [6.45, 7) is 4.52. The zero-order valence-electron chi connectivity index (χ0n) is 26.6. The number of hydrogen-bond donors (Lipinski definition) is 0. The Kier molecular flexibility index (Phi) is 33.4. The molecule has 0 aliphatic carbocycles. The van der Waals surface area contributed by atoms with Crippen molar-refractivity contribution in [3.05, 3.63) is 48.6 Å². The average Bonchev–Trinajstić information content (AvgIpc) is 2.95. The quantitative estimate of drug-likeness (QED) is 0.0485. The fraction of sp³-hybridized carbons (Fsp3) is 0.763. The monoisotopic (exact) mass is 541 g/mol. The summed E-state index contributed by atoms with van der Waals surface area (Å²) in [4.78, 5) is 11.5. The molecule has 1 heteroatoms. The van der Waals surface area contributed by atoms with Crippen LogP contribution in [0.1, 0.15) is 181 Å². The van der Waals surface area contributed by atoms with Crippen LogP contribution >= 0.6 is 0 Å². The van der Waals surface area contributed by atoms with Gasteiger partial charge in [-0.1, -0.05) is 152 Å². The second-order valence-corrected chi connectivity index (χ2v) is 11.6. The Morgan fingerprint density at radius 3 is 1.03 bits per heavy atom. The summed E-state index contributed by atoms with van der Waals surface area (Å²) >= 11 is 0. The van der Waals surface area contributed by atoms with Crippen LogP contribution in [-0.2, 0) is 4.79 Å². The molecular formula is C38H68O. The minimum atomic E-state index is 0.307. The second-order valence-electron chi connectivity index (χ2n) is 11.6. The molecule has 0 aliphatic heterocycles. The standard InChI is InChI=1S/C38H68O/c1-3-5-7-9-11-13-15-17-19-21-23-25-27-29-31-33-35-38(37-39)36-34-32-30-28-26-24-22-20-18-16-14-12-10-8-6-4-2/h11-14,17-20,37-38H,3-10,15-16,21-36H2,1-2H3/b13-11-,14-12-,19-17-,20-18-. The van der Waals surface area contributed by atoms with Crippen LogP contribution in [0.3, 0.4) is 0 Å². The van der Waals surface area contributed by atoms with E-state index in [4.69, 9.17) is 0 Å². The van der Waals surface area contributed by atoms with Crippen molar-refractivity contribution in [1.29, 1.82) is 0 Å². The number of aldehydes is 1. The molecule has 0 spiro atoms. The van der Waals surface area contributed by atoms with Gasteiger partial charge < -0.3 is 4.79 Å². The number of allylic oxidation sites excluding steroid dienone is 8. The fourth-order valence-corrected chi connectivity index (χ4v) is 5.07. The zero-order chi connectivity index (χ0) is 28.3. The predicted octanol–water partition coefficient (Wildman–Crippen LogP) is 13.2. The maximum absolute atomic E-state index is 11.5. The molecule has 0 bridgehead atoms. The summed E-state index contributed by atoms with van der Waals surface area (Å²) < 4.78 is 0. The first-order chi connectivity index (χ1) is 19.3. The van der Waals surface area contributed by atoms with Crippen molar-refractivity contribution in [3.8, 4) is 0 Å². The first-order valence-corrected chi connectivity index (χ1v) is 17.4. The first-order valence-electron chi connectivity index (χ1n) is 17.4. The van der Waals surface area contributed by atoms with E-state index in [1.54, 1.807) is 0 Å². The van der Waals surface area contributed by atoms with Gasteiger partial charge in [0, 0.05) is 5.92 Å². The maximum Gasteiger partial charge on any atom is 0.123 e. The Hall–Kier alpha value is -1.37. The van der Waals surface area contributed by atoms with Crippen LogP contribution in [0.2, 0.25) is 0 Å². The highest BCUT2D eigenvalue weighted by atomic mass is 16.1. The SMILES string of the molecule is CCCCC/C=C\C/C=C\CCCCCCCCC(C=O)CCCCCCCC/C=C\C/C=C\CCCCC. The van der Waals surface area contributed by atoms with E-state index in [2.05, 4.69) is 62.5 Å². The van der Waals surface area contributed by atoms with Gasteiger partial charge in [0.15, 0.2) is 0 Å². The number of rotatable bonds is 31. The fourth-order valence-electron chi connectivity index (χ4n) is 5.07. The van der Waals surface area contributed by atoms with Gasteiger partial charge in [-0.15, -0.1) is 0 Å². The van der Waals surface area contributed by atoms with E-state index in [1.165, 1.54) is 148 Å². The molecule has 0 amide bonds. The lowest BCUT2D eigenvalue weighted by Gasteiger charge is -2.10. The summed E-state index contributed by atoms with van der Waals surface area (Å²) in [5.41, 5.74) is 0. The molecule has 1 nitrogen and oxygen atoms in total. The van der Waals surface area contributed by atoms with Gasteiger partial charge in [0.2, 0.25) is 0 Å². The van der Waals surface area contributed by atoms with Crippen LogP contribution < -0.4 is 0 Å². The molecule has 0 unspecified atom stereocenters. The van der Waals surface area contributed by atoms with E-state index in [-0.39, 0.29) is 0 Å². The van der Waals surface area contributed by atoms with Crippen LogP contribution in [0.5, 0.6) is 0 Å². The van der Waals surface area contributed by atoms with Crippen LogP contribution in [0.15, 0.2) is 48.6 Å². The van der Waals surface area contributed by atoms with Crippen molar-refractivity contribution >= 4 is 6.29 Å². The van der Waals surface area contributed by atoms with Gasteiger partial charge in [-0.05, 0) is 77.0 Å². The average molecular weight is 541 g/mol. The summed E-state index contributed by atoms with van der Waals surface area (Å²) in [5.74, 6) is 0.307. The number of carbonyl (C=O) groups is 1. The molecule has 0 saturated heterocycles. The van der Waals surface area contributed by atoms with Gasteiger partial charge in [-0.2, -0.15) is 0 Å². The number of carbonyl (C=O) groups excluding carboxylic acids is 1. The van der Waals surface area contributed by atoms with Crippen molar-refractivity contribution in [2.75, 3.05) is 0 Å². The van der Waals surface area contributed by atoms with Gasteiger partial charge in [-0.3, -0.25) is 0 Å². The second kappa shape index (κ2) is 34.7. The Bertz CT molecular complexity index is 534. The zero-order valence-corrected chi connectivity index (χ0v) is 26.6. The van der Waals surface area contributed by atoms with Gasteiger partial charge in [0.05, 0.1) is 0 Å². The molecule has 0 rings (SSSR count). The van der Waals surface area contributed by atoms with Gasteiger partial charge in [0.1, 0.15) is 6.29 Å². The lowest BCUT2D eigenvalue weighted by Crippen LogP contribution is -2.02. The van der Waals surface area contributed by atoms with Gasteiger partial charge in [-0.25, -0.2) is 0 Å². The van der Waals surface area contributed by atoms with E-state index in [0.717, 1.165) is 25.7 Å². The van der Waals surface area contributed by atoms with Crippen molar-refractivity contribution in [2.24, 2.45) is 5.92 Å². The highest BCUT2D eigenvalue weighted by Gasteiger charge is 2.06. The highest BCUT2D eigenvalue weighted by Crippen LogP contribution is 2.18. The predicted molar refractivity (Wildman–Crippen MR) is 178 cm³/mol. The number of unbranched alkanes of at least 4 members (excludes halogenated alkanes) is 18.